The molecule has 2 rings (SSSR count). The van der Waals surface area contributed by atoms with Gasteiger partial charge in [0.05, 0.1) is 11.3 Å². The number of carbonyl (C=O) groups is 2. The van der Waals surface area contributed by atoms with Crippen LogP contribution in [0.3, 0.4) is 0 Å². The summed E-state index contributed by atoms with van der Waals surface area (Å²) in [5.74, 6) is -1.74. The molecule has 3 N–H and O–H groups in total. The molecule has 0 saturated heterocycles. The first-order valence-corrected chi connectivity index (χ1v) is 6.38. The molecule has 0 aliphatic carbocycles. The lowest BCUT2D eigenvalue weighted by Gasteiger charge is -2.13. The maximum Gasteiger partial charge on any atom is 0.326 e. The van der Waals surface area contributed by atoms with Gasteiger partial charge in [0.15, 0.2) is 5.65 Å². The van der Waals surface area contributed by atoms with Crippen LogP contribution in [0.1, 0.15) is 22.5 Å². The van der Waals surface area contributed by atoms with Gasteiger partial charge in [0.2, 0.25) is 0 Å². The molecule has 0 aliphatic rings. The fourth-order valence-corrected chi connectivity index (χ4v) is 2.06. The highest BCUT2D eigenvalue weighted by molar-refractivity contribution is 5.99. The summed E-state index contributed by atoms with van der Waals surface area (Å²) in [6, 6.07) is 0.492. The van der Waals surface area contributed by atoms with Gasteiger partial charge in [0.25, 0.3) is 5.91 Å². The third-order valence-corrected chi connectivity index (χ3v) is 3.15. The molecule has 0 aliphatic heterocycles. The number of aromatic nitrogens is 3. The number of aliphatic hydroxyl groups excluding tert-OH is 1. The van der Waals surface area contributed by atoms with E-state index < -0.39 is 17.9 Å². The Morgan fingerprint density at radius 3 is 2.81 bits per heavy atom. The van der Waals surface area contributed by atoms with Gasteiger partial charge in [-0.3, -0.25) is 9.48 Å². The van der Waals surface area contributed by atoms with Gasteiger partial charge in [-0.2, -0.15) is 5.10 Å². The van der Waals surface area contributed by atoms with Gasteiger partial charge >= 0.3 is 5.97 Å². The smallest absolute Gasteiger partial charge is 0.326 e. The average molecular weight is 292 g/mol. The van der Waals surface area contributed by atoms with Crippen LogP contribution in [0, 0.1) is 6.92 Å². The van der Waals surface area contributed by atoms with Crippen molar-refractivity contribution in [2.75, 3.05) is 6.61 Å². The third-order valence-electron chi connectivity index (χ3n) is 3.15. The minimum atomic E-state index is -1.19. The first kappa shape index (κ1) is 14.9. The molecule has 1 atom stereocenters. The maximum atomic E-state index is 12.1. The molecule has 21 heavy (non-hydrogen) atoms. The first-order chi connectivity index (χ1) is 9.93. The monoisotopic (exact) mass is 292 g/mol. The number of fused-ring (bicyclic) bond motifs is 1. The zero-order chi connectivity index (χ0) is 15.6. The second-order valence-corrected chi connectivity index (χ2v) is 4.68. The highest BCUT2D eigenvalue weighted by Gasteiger charge is 2.20. The van der Waals surface area contributed by atoms with Gasteiger partial charge in [-0.1, -0.05) is 0 Å². The van der Waals surface area contributed by atoms with Crippen molar-refractivity contribution >= 4 is 22.9 Å². The zero-order valence-corrected chi connectivity index (χ0v) is 11.7. The third kappa shape index (κ3) is 3.00. The molecule has 0 fully saturated rings. The average Bonchev–Trinajstić information content (AvgIpc) is 2.73. The Morgan fingerprint density at radius 2 is 2.19 bits per heavy atom. The maximum absolute atomic E-state index is 12.1. The van der Waals surface area contributed by atoms with E-state index >= 15 is 0 Å². The van der Waals surface area contributed by atoms with E-state index in [2.05, 4.69) is 15.4 Å². The molecule has 0 bridgehead atoms. The number of aryl methyl sites for hydroxylation is 2. The van der Waals surface area contributed by atoms with Crippen LogP contribution in [0.15, 0.2) is 12.3 Å². The number of carboxylic acid groups (broad SMARTS) is 1. The summed E-state index contributed by atoms with van der Waals surface area (Å²) in [6.45, 7) is 1.48. The van der Waals surface area contributed by atoms with Crippen LogP contribution in [0.25, 0.3) is 11.0 Å². The van der Waals surface area contributed by atoms with Crippen LogP contribution < -0.4 is 5.32 Å². The molecule has 8 heteroatoms. The lowest BCUT2D eigenvalue weighted by atomic mass is 10.1. The minimum absolute atomic E-state index is 0.0529. The Balaban J connectivity index is 2.27. The van der Waals surface area contributed by atoms with Gasteiger partial charge in [-0.05, 0) is 13.0 Å². The van der Waals surface area contributed by atoms with Crippen molar-refractivity contribution < 1.29 is 19.8 Å². The normalized spacial score (nSPS) is 12.3. The zero-order valence-electron chi connectivity index (χ0n) is 11.7. The quantitative estimate of drug-likeness (QED) is 0.705. The molecule has 8 nitrogen and oxygen atoms in total. The van der Waals surface area contributed by atoms with Crippen LogP contribution in [-0.2, 0) is 11.8 Å². The largest absolute Gasteiger partial charge is 0.480 e. The minimum Gasteiger partial charge on any atom is -0.480 e. The fourth-order valence-electron chi connectivity index (χ4n) is 2.06. The molecule has 0 saturated carbocycles. The molecule has 0 unspecified atom stereocenters. The standard InChI is InChI=1S/C13H16N4O4/c1-7-9-5-8(6-14-11(9)17(2)16-7)12(19)15-10(3-4-18)13(20)21/h5-6,10,18H,3-4H2,1-2H3,(H,15,19)(H,20,21)/t10-/m0/s1. The molecule has 2 aromatic heterocycles. The van der Waals surface area contributed by atoms with E-state index in [1.807, 2.05) is 0 Å². The Kier molecular flexibility index (Phi) is 4.18. The van der Waals surface area contributed by atoms with Crippen molar-refractivity contribution in [2.45, 2.75) is 19.4 Å². The molecule has 0 radical (unpaired) electrons. The molecule has 2 aromatic rings. The highest BCUT2D eigenvalue weighted by Crippen LogP contribution is 2.16. The van der Waals surface area contributed by atoms with Gasteiger partial charge in [-0.15, -0.1) is 0 Å². The molecule has 2 heterocycles. The number of rotatable bonds is 5. The number of aliphatic carboxylic acids is 1. The summed E-state index contributed by atoms with van der Waals surface area (Å²) in [5, 5.41) is 25.1. The van der Waals surface area contributed by atoms with Crippen LogP contribution in [0.2, 0.25) is 0 Å². The van der Waals surface area contributed by atoms with Crippen molar-refractivity contribution in [1.29, 1.82) is 0 Å². The summed E-state index contributed by atoms with van der Waals surface area (Å²) >= 11 is 0. The van der Waals surface area contributed by atoms with Gasteiger partial charge in [0, 0.05) is 31.7 Å². The number of hydrogen-bond donors (Lipinski definition) is 3. The highest BCUT2D eigenvalue weighted by atomic mass is 16.4. The van der Waals surface area contributed by atoms with Gasteiger partial charge in [0.1, 0.15) is 6.04 Å². The molecule has 0 spiro atoms. The number of nitrogens with zero attached hydrogens (tertiary/aromatic N) is 3. The second kappa shape index (κ2) is 5.88. The number of nitrogens with one attached hydrogen (secondary N) is 1. The summed E-state index contributed by atoms with van der Waals surface area (Å²) < 4.78 is 1.61. The van der Waals surface area contributed by atoms with E-state index in [4.69, 9.17) is 10.2 Å². The van der Waals surface area contributed by atoms with Crippen LogP contribution in [0.4, 0.5) is 0 Å². The lowest BCUT2D eigenvalue weighted by molar-refractivity contribution is -0.139. The van der Waals surface area contributed by atoms with E-state index in [1.165, 1.54) is 6.20 Å². The summed E-state index contributed by atoms with van der Waals surface area (Å²) in [7, 11) is 1.75. The Labute approximate surface area is 120 Å². The van der Waals surface area contributed by atoms with Crippen molar-refractivity contribution in [3.05, 3.63) is 23.5 Å². The van der Waals surface area contributed by atoms with E-state index in [0.29, 0.717) is 5.65 Å². The van der Waals surface area contributed by atoms with Crippen molar-refractivity contribution in [3.63, 3.8) is 0 Å². The Bertz CT molecular complexity index is 695. The van der Waals surface area contributed by atoms with Crippen LogP contribution in [0.5, 0.6) is 0 Å². The van der Waals surface area contributed by atoms with Gasteiger partial charge < -0.3 is 15.5 Å². The Morgan fingerprint density at radius 1 is 1.48 bits per heavy atom. The Hall–Kier alpha value is -2.48. The second-order valence-electron chi connectivity index (χ2n) is 4.68. The molecule has 0 aromatic carbocycles. The predicted molar refractivity (Wildman–Crippen MR) is 73.8 cm³/mol. The predicted octanol–water partition coefficient (Wildman–Crippen LogP) is -0.158. The molecule has 112 valence electrons. The van der Waals surface area contributed by atoms with Gasteiger partial charge in [-0.25, -0.2) is 9.78 Å². The first-order valence-electron chi connectivity index (χ1n) is 6.38. The molecular weight excluding hydrogens is 276 g/mol. The summed E-state index contributed by atoms with van der Waals surface area (Å²) in [4.78, 5) is 27.2. The van der Waals surface area contributed by atoms with E-state index in [0.717, 1.165) is 11.1 Å². The van der Waals surface area contributed by atoms with E-state index in [1.54, 1.807) is 24.7 Å². The van der Waals surface area contributed by atoms with Crippen molar-refractivity contribution in [1.82, 2.24) is 20.1 Å². The number of hydrogen-bond acceptors (Lipinski definition) is 5. The number of amides is 1. The SMILES string of the molecule is Cc1nn(C)c2ncc(C(=O)N[C@@H](CCO)C(=O)O)cc12. The fraction of sp³-hybridized carbons (Fsp3) is 0.385. The topological polar surface area (TPSA) is 117 Å². The number of carbonyl (C=O) groups excluding carboxylic acids is 1. The number of aliphatic hydroxyl groups is 1. The molecule has 1 amide bonds. The van der Waals surface area contributed by atoms with Crippen molar-refractivity contribution in [3.8, 4) is 0 Å². The molecular formula is C13H16N4O4. The van der Waals surface area contributed by atoms with Crippen LogP contribution in [-0.4, -0.2) is 49.5 Å². The lowest BCUT2D eigenvalue weighted by Crippen LogP contribution is -2.41. The summed E-state index contributed by atoms with van der Waals surface area (Å²) in [5.41, 5.74) is 1.64. The van der Waals surface area contributed by atoms with Crippen molar-refractivity contribution in [2.24, 2.45) is 7.05 Å². The number of pyridine rings is 1. The van der Waals surface area contributed by atoms with E-state index in [9.17, 15) is 9.59 Å². The van der Waals surface area contributed by atoms with Crippen LogP contribution >= 0.6 is 0 Å². The number of carboxylic acids is 1. The summed E-state index contributed by atoms with van der Waals surface area (Å²) in [6.07, 6.45) is 1.32. The van der Waals surface area contributed by atoms with E-state index in [-0.39, 0.29) is 18.6 Å².